The van der Waals surface area contributed by atoms with Gasteiger partial charge in [-0.25, -0.2) is 0 Å². The summed E-state index contributed by atoms with van der Waals surface area (Å²) < 4.78 is 0. The SMILES string of the molecule is CCN(C(C)C)C1CC(C(C)(C)C)CCC1C#N. The Balaban J connectivity index is 2.86. The highest BCUT2D eigenvalue weighted by Gasteiger charge is 2.38. The fraction of sp³-hybridized carbons (Fsp3) is 0.938. The molecule has 0 bridgehead atoms. The maximum Gasteiger partial charge on any atom is 0.0672 e. The molecule has 0 aromatic rings. The fourth-order valence-electron chi connectivity index (χ4n) is 3.43. The molecule has 0 aliphatic heterocycles. The van der Waals surface area contributed by atoms with E-state index in [9.17, 15) is 5.26 Å². The Hall–Kier alpha value is -0.550. The highest BCUT2D eigenvalue weighted by molar-refractivity contribution is 4.99. The van der Waals surface area contributed by atoms with Crippen molar-refractivity contribution in [3.63, 3.8) is 0 Å². The third kappa shape index (κ3) is 3.48. The molecule has 1 fully saturated rings. The number of nitrogens with zero attached hydrogens (tertiary/aromatic N) is 2. The van der Waals surface area contributed by atoms with E-state index < -0.39 is 0 Å². The maximum atomic E-state index is 9.40. The molecule has 0 saturated heterocycles. The van der Waals surface area contributed by atoms with Gasteiger partial charge in [0, 0.05) is 12.1 Å². The van der Waals surface area contributed by atoms with Crippen molar-refractivity contribution in [2.45, 2.75) is 72.9 Å². The highest BCUT2D eigenvalue weighted by atomic mass is 15.2. The van der Waals surface area contributed by atoms with Crippen LogP contribution in [0, 0.1) is 28.6 Å². The fourth-order valence-corrected chi connectivity index (χ4v) is 3.43. The summed E-state index contributed by atoms with van der Waals surface area (Å²) in [6.45, 7) is 14.8. The standard InChI is InChI=1S/C16H30N2/c1-7-18(12(2)3)15-10-14(16(4,5)6)9-8-13(15)11-17/h12-15H,7-10H2,1-6H3. The normalized spacial score (nSPS) is 29.6. The van der Waals surface area contributed by atoms with Crippen LogP contribution in [0.5, 0.6) is 0 Å². The van der Waals surface area contributed by atoms with Gasteiger partial charge in [-0.05, 0) is 51.0 Å². The molecule has 2 heteroatoms. The van der Waals surface area contributed by atoms with Crippen LogP contribution in [-0.2, 0) is 0 Å². The van der Waals surface area contributed by atoms with Crippen LogP contribution in [0.1, 0.15) is 60.8 Å². The zero-order valence-electron chi connectivity index (χ0n) is 13.0. The summed E-state index contributed by atoms with van der Waals surface area (Å²) in [4.78, 5) is 2.52. The second-order valence-electron chi connectivity index (χ2n) is 7.10. The van der Waals surface area contributed by atoms with E-state index in [0.717, 1.165) is 18.9 Å². The first-order valence-corrected chi connectivity index (χ1v) is 7.46. The summed E-state index contributed by atoms with van der Waals surface area (Å²) in [6, 6.07) is 3.55. The molecule has 0 heterocycles. The third-order valence-electron chi connectivity index (χ3n) is 4.66. The lowest BCUT2D eigenvalue weighted by molar-refractivity contribution is 0.0458. The smallest absolute Gasteiger partial charge is 0.0672 e. The minimum Gasteiger partial charge on any atom is -0.297 e. The lowest BCUT2D eigenvalue weighted by Crippen LogP contribution is -2.48. The molecule has 18 heavy (non-hydrogen) atoms. The number of hydrogen-bond donors (Lipinski definition) is 0. The van der Waals surface area contributed by atoms with Gasteiger partial charge in [0.25, 0.3) is 0 Å². The van der Waals surface area contributed by atoms with Crippen LogP contribution in [0.3, 0.4) is 0 Å². The van der Waals surface area contributed by atoms with Gasteiger partial charge in [0.05, 0.1) is 12.0 Å². The number of hydrogen-bond acceptors (Lipinski definition) is 2. The van der Waals surface area contributed by atoms with Crippen LogP contribution in [0.4, 0.5) is 0 Å². The summed E-state index contributed by atoms with van der Waals surface area (Å²) >= 11 is 0. The van der Waals surface area contributed by atoms with Crippen LogP contribution in [0.2, 0.25) is 0 Å². The van der Waals surface area contributed by atoms with Gasteiger partial charge < -0.3 is 0 Å². The van der Waals surface area contributed by atoms with Crippen molar-refractivity contribution in [3.8, 4) is 6.07 Å². The minimum atomic E-state index is 0.228. The van der Waals surface area contributed by atoms with Crippen molar-refractivity contribution >= 4 is 0 Å². The Morgan fingerprint density at radius 1 is 1.28 bits per heavy atom. The van der Waals surface area contributed by atoms with E-state index in [1.807, 2.05) is 0 Å². The van der Waals surface area contributed by atoms with E-state index in [2.05, 4.69) is 52.5 Å². The molecule has 1 rings (SSSR count). The molecular weight excluding hydrogens is 220 g/mol. The molecule has 0 aromatic heterocycles. The van der Waals surface area contributed by atoms with Crippen LogP contribution >= 0.6 is 0 Å². The topological polar surface area (TPSA) is 27.0 Å². The first kappa shape index (κ1) is 15.5. The Labute approximate surface area is 113 Å². The lowest BCUT2D eigenvalue weighted by atomic mass is 9.67. The lowest BCUT2D eigenvalue weighted by Gasteiger charge is -2.45. The first-order chi connectivity index (χ1) is 8.31. The molecule has 2 nitrogen and oxygen atoms in total. The molecule has 3 unspecified atom stereocenters. The second kappa shape index (κ2) is 6.06. The summed E-state index contributed by atoms with van der Waals surface area (Å²) in [5, 5.41) is 9.40. The third-order valence-corrected chi connectivity index (χ3v) is 4.66. The quantitative estimate of drug-likeness (QED) is 0.755. The molecule has 1 aliphatic carbocycles. The summed E-state index contributed by atoms with van der Waals surface area (Å²) in [6.07, 6.45) is 3.48. The van der Waals surface area contributed by atoms with Gasteiger partial charge in [-0.3, -0.25) is 4.90 Å². The van der Waals surface area contributed by atoms with Crippen molar-refractivity contribution in [2.75, 3.05) is 6.54 Å². The summed E-state index contributed by atoms with van der Waals surface area (Å²) in [7, 11) is 0. The molecule has 1 aliphatic rings. The average Bonchev–Trinajstić information content (AvgIpc) is 2.28. The van der Waals surface area contributed by atoms with Crippen molar-refractivity contribution < 1.29 is 0 Å². The first-order valence-electron chi connectivity index (χ1n) is 7.46. The summed E-state index contributed by atoms with van der Waals surface area (Å²) in [5.74, 6) is 0.978. The van der Waals surface area contributed by atoms with Gasteiger partial charge in [0.15, 0.2) is 0 Å². The predicted molar refractivity (Wildman–Crippen MR) is 77.2 cm³/mol. The largest absolute Gasteiger partial charge is 0.297 e. The Kier molecular flexibility index (Phi) is 5.22. The molecule has 0 N–H and O–H groups in total. The van der Waals surface area contributed by atoms with Crippen molar-refractivity contribution in [3.05, 3.63) is 0 Å². The zero-order chi connectivity index (χ0) is 13.9. The van der Waals surface area contributed by atoms with Gasteiger partial charge >= 0.3 is 0 Å². The number of rotatable bonds is 3. The van der Waals surface area contributed by atoms with Crippen LogP contribution in [0.25, 0.3) is 0 Å². The van der Waals surface area contributed by atoms with Crippen LogP contribution in [0.15, 0.2) is 0 Å². The van der Waals surface area contributed by atoms with Gasteiger partial charge in [0.2, 0.25) is 0 Å². The Morgan fingerprint density at radius 3 is 2.28 bits per heavy atom. The van der Waals surface area contributed by atoms with E-state index in [1.54, 1.807) is 0 Å². The molecule has 104 valence electrons. The molecule has 1 saturated carbocycles. The van der Waals surface area contributed by atoms with Gasteiger partial charge in [-0.2, -0.15) is 5.26 Å². The van der Waals surface area contributed by atoms with Crippen molar-refractivity contribution in [2.24, 2.45) is 17.3 Å². The number of nitriles is 1. The predicted octanol–water partition coefficient (Wildman–Crippen LogP) is 4.07. The van der Waals surface area contributed by atoms with Crippen molar-refractivity contribution in [1.82, 2.24) is 4.90 Å². The van der Waals surface area contributed by atoms with Gasteiger partial charge in [-0.1, -0.05) is 27.7 Å². The van der Waals surface area contributed by atoms with E-state index in [4.69, 9.17) is 0 Å². The van der Waals surface area contributed by atoms with E-state index in [1.165, 1.54) is 12.8 Å². The maximum absolute atomic E-state index is 9.40. The van der Waals surface area contributed by atoms with E-state index in [-0.39, 0.29) is 5.92 Å². The van der Waals surface area contributed by atoms with Crippen LogP contribution in [-0.4, -0.2) is 23.5 Å². The van der Waals surface area contributed by atoms with Crippen LogP contribution < -0.4 is 0 Å². The highest BCUT2D eigenvalue weighted by Crippen LogP contribution is 2.41. The molecular formula is C16H30N2. The Bertz CT molecular complexity index is 295. The monoisotopic (exact) mass is 250 g/mol. The molecule has 0 radical (unpaired) electrons. The zero-order valence-corrected chi connectivity index (χ0v) is 13.0. The molecule has 3 atom stereocenters. The molecule has 0 aromatic carbocycles. The molecule has 0 spiro atoms. The minimum absolute atomic E-state index is 0.228. The van der Waals surface area contributed by atoms with E-state index >= 15 is 0 Å². The van der Waals surface area contributed by atoms with Crippen molar-refractivity contribution in [1.29, 1.82) is 5.26 Å². The summed E-state index contributed by atoms with van der Waals surface area (Å²) in [5.41, 5.74) is 0.370. The second-order valence-corrected chi connectivity index (χ2v) is 7.10. The van der Waals surface area contributed by atoms with Gasteiger partial charge in [-0.15, -0.1) is 0 Å². The average molecular weight is 250 g/mol. The molecule has 0 amide bonds. The Morgan fingerprint density at radius 2 is 1.89 bits per heavy atom. The van der Waals surface area contributed by atoms with E-state index in [0.29, 0.717) is 17.5 Å². The van der Waals surface area contributed by atoms with Gasteiger partial charge in [0.1, 0.15) is 0 Å².